The molecule has 0 rings (SSSR count). The number of nitrogens with zero attached hydrogens (tertiary/aromatic N) is 1. The molecule has 0 bridgehead atoms. The predicted octanol–water partition coefficient (Wildman–Crippen LogP) is -0.147. The Morgan fingerprint density at radius 2 is 1.75 bits per heavy atom. The summed E-state index contributed by atoms with van der Waals surface area (Å²) < 4.78 is 0. The van der Waals surface area contributed by atoms with Gasteiger partial charge in [0.1, 0.15) is 0 Å². The van der Waals surface area contributed by atoms with E-state index >= 15 is 0 Å². The molecule has 7 heteroatoms. The normalized spacial score (nSPS) is 9.25. The molecule has 0 saturated heterocycles. The van der Waals surface area contributed by atoms with Crippen LogP contribution >= 0.6 is 18.5 Å². The summed E-state index contributed by atoms with van der Waals surface area (Å²) >= 11 is 0.0718. The smallest absolute Gasteiger partial charge is 0.183 e. The molecular formula is CH3AuNO3PS+. The van der Waals surface area contributed by atoms with Crippen LogP contribution in [0, 0.1) is 10.7 Å². The zero-order valence-electron chi connectivity index (χ0n) is 3.45. The van der Waals surface area contributed by atoms with Crippen molar-refractivity contribution in [3.05, 3.63) is 0 Å². The summed E-state index contributed by atoms with van der Waals surface area (Å²) in [6.07, 6.45) is 0. The summed E-state index contributed by atoms with van der Waals surface area (Å²) in [6, 6.07) is 0. The van der Waals surface area contributed by atoms with Crippen molar-refractivity contribution in [2.75, 3.05) is 0 Å². The maximum absolute atomic E-state index is 7.98. The molecule has 0 aliphatic rings. The fraction of sp³-hybridized carbons (Fsp3) is 0. The summed E-state index contributed by atoms with van der Waals surface area (Å²) in [7, 11) is -3.86. The Morgan fingerprint density at radius 3 is 1.75 bits per heavy atom. The molecule has 0 fully saturated rings. The molecule has 51 valence electrons. The topological polar surface area (TPSA) is 84.5 Å². The fourth-order valence-electron chi connectivity index (χ4n) is 0.0548. The number of nitriles is 1. The van der Waals surface area contributed by atoms with Crippen molar-refractivity contribution >= 4 is 18.5 Å². The van der Waals surface area contributed by atoms with Crippen molar-refractivity contribution in [2.45, 2.75) is 0 Å². The molecule has 0 aromatic heterocycles. The summed E-state index contributed by atoms with van der Waals surface area (Å²) in [5.41, 5.74) is 0. The molecule has 8 heavy (non-hydrogen) atoms. The van der Waals surface area contributed by atoms with Gasteiger partial charge >= 0.3 is 7.15 Å². The molecule has 0 atom stereocenters. The second-order valence-electron chi connectivity index (χ2n) is 0.696. The zero-order chi connectivity index (χ0) is 5.91. The molecule has 4 nitrogen and oxygen atoms in total. The fourth-order valence-corrected chi connectivity index (χ4v) is 0.493. The van der Waals surface area contributed by atoms with Gasteiger partial charge in [-0.05, 0) is 0 Å². The predicted molar refractivity (Wildman–Crippen MR) is 26.8 cm³/mol. The summed E-state index contributed by atoms with van der Waals surface area (Å²) in [5, 5.41) is 8.99. The van der Waals surface area contributed by atoms with Crippen LogP contribution in [0.1, 0.15) is 0 Å². The van der Waals surface area contributed by atoms with Gasteiger partial charge in [-0.15, -0.1) is 0 Å². The molecule has 0 unspecified atom stereocenters. The molecule has 3 N–H and O–H groups in total. The maximum Gasteiger partial charge on any atom is 0.489 e. The van der Waals surface area contributed by atoms with E-state index in [0.717, 1.165) is 0 Å². The minimum atomic E-state index is -3.86. The van der Waals surface area contributed by atoms with Crippen molar-refractivity contribution in [2.24, 2.45) is 0 Å². The largest absolute Gasteiger partial charge is 0.489 e. The van der Waals surface area contributed by atoms with E-state index in [0.29, 0.717) is 0 Å². The van der Waals surface area contributed by atoms with E-state index in [4.69, 9.17) is 19.9 Å². The molecule has 1 radical (unpaired) electrons. The average molecular weight is 337 g/mol. The van der Waals surface area contributed by atoms with Gasteiger partial charge in [-0.25, -0.2) is 0 Å². The van der Waals surface area contributed by atoms with Crippen LogP contribution in [0.2, 0.25) is 0 Å². The standard InChI is InChI=1S/CH3NO3PS.Au/c2-1-7-6(3,4)5;/h3-5H;/q+1;. The Balaban J connectivity index is 0. The van der Waals surface area contributed by atoms with Crippen LogP contribution in [0.3, 0.4) is 0 Å². The van der Waals surface area contributed by atoms with Gasteiger partial charge in [-0.2, -0.15) is 19.9 Å². The summed E-state index contributed by atoms with van der Waals surface area (Å²) in [6.45, 7) is 0. The first-order chi connectivity index (χ1) is 3.06. The Labute approximate surface area is 66.4 Å². The van der Waals surface area contributed by atoms with Gasteiger partial charge in [0.05, 0.1) is 0 Å². The Hall–Kier alpha value is 0.890. The number of hydrogen-bond acceptors (Lipinski definition) is 5. The van der Waals surface area contributed by atoms with Gasteiger partial charge in [0, 0.05) is 22.4 Å². The van der Waals surface area contributed by atoms with Gasteiger partial charge in [0.2, 0.25) is 11.4 Å². The minimum absolute atomic E-state index is 0. The van der Waals surface area contributed by atoms with Gasteiger partial charge in [0.15, 0.2) is 5.40 Å². The third-order valence-electron chi connectivity index (χ3n) is 0.163. The monoisotopic (exact) mass is 337 g/mol. The maximum atomic E-state index is 7.98. The molecule has 0 aliphatic carbocycles. The minimum Gasteiger partial charge on any atom is -0.183 e. The molecule has 0 aromatic carbocycles. The van der Waals surface area contributed by atoms with Crippen molar-refractivity contribution in [1.29, 1.82) is 5.26 Å². The molecule has 0 saturated carbocycles. The van der Waals surface area contributed by atoms with Crippen molar-refractivity contribution < 1.29 is 37.1 Å². The van der Waals surface area contributed by atoms with Crippen LogP contribution in [0.25, 0.3) is 0 Å². The van der Waals surface area contributed by atoms with Crippen LogP contribution in [-0.2, 0) is 22.4 Å². The van der Waals surface area contributed by atoms with Crippen LogP contribution in [-0.4, -0.2) is 14.7 Å². The Morgan fingerprint density at radius 1 is 1.38 bits per heavy atom. The van der Waals surface area contributed by atoms with E-state index in [-0.39, 0.29) is 33.8 Å². The first kappa shape index (κ1) is 11.7. The SMILES string of the molecule is N#CS[P+](O)(O)O.[Au]. The van der Waals surface area contributed by atoms with Crippen molar-refractivity contribution in [3.8, 4) is 5.40 Å². The third kappa shape index (κ3) is 10.00. The molecule has 0 amide bonds. The van der Waals surface area contributed by atoms with Crippen molar-refractivity contribution in [1.82, 2.24) is 0 Å². The molecule has 0 aromatic rings. The van der Waals surface area contributed by atoms with Crippen LogP contribution < -0.4 is 0 Å². The van der Waals surface area contributed by atoms with E-state index in [1.165, 1.54) is 5.40 Å². The summed E-state index contributed by atoms with van der Waals surface area (Å²) in [4.78, 5) is 23.9. The van der Waals surface area contributed by atoms with Crippen LogP contribution in [0.5, 0.6) is 0 Å². The second kappa shape index (κ2) is 4.74. The molecule has 0 spiro atoms. The average Bonchev–Trinajstić information content (AvgIpc) is 1.30. The number of rotatable bonds is 1. The van der Waals surface area contributed by atoms with Gasteiger partial charge < -0.3 is 0 Å². The van der Waals surface area contributed by atoms with E-state index in [1.807, 2.05) is 0 Å². The van der Waals surface area contributed by atoms with Crippen LogP contribution in [0.15, 0.2) is 0 Å². The second-order valence-corrected chi connectivity index (χ2v) is 4.10. The molecule has 0 aliphatic heterocycles. The van der Waals surface area contributed by atoms with Gasteiger partial charge in [-0.3, -0.25) is 0 Å². The molecular weight excluding hydrogens is 334 g/mol. The third-order valence-corrected chi connectivity index (χ3v) is 1.47. The van der Waals surface area contributed by atoms with Crippen LogP contribution in [0.4, 0.5) is 0 Å². The first-order valence-corrected chi connectivity index (χ1v) is 4.28. The zero-order valence-corrected chi connectivity index (χ0v) is 7.32. The van der Waals surface area contributed by atoms with Gasteiger partial charge in [-0.1, -0.05) is 0 Å². The Kier molecular flexibility index (Phi) is 6.91. The van der Waals surface area contributed by atoms with E-state index < -0.39 is 7.15 Å². The van der Waals surface area contributed by atoms with E-state index in [9.17, 15) is 0 Å². The number of thiocyanates is 1. The summed E-state index contributed by atoms with van der Waals surface area (Å²) in [5.74, 6) is 0. The van der Waals surface area contributed by atoms with Gasteiger partial charge in [0.25, 0.3) is 0 Å². The quantitative estimate of drug-likeness (QED) is 0.352. The number of hydrogen-bond donors (Lipinski definition) is 3. The first-order valence-electron chi connectivity index (χ1n) is 1.21. The van der Waals surface area contributed by atoms with E-state index in [1.54, 1.807) is 0 Å². The van der Waals surface area contributed by atoms with Crippen molar-refractivity contribution in [3.63, 3.8) is 0 Å². The Bertz CT molecular complexity index is 96.4. The van der Waals surface area contributed by atoms with E-state index in [2.05, 4.69) is 0 Å². The molecule has 0 heterocycles.